The average molecular weight is 821 g/mol. The summed E-state index contributed by atoms with van der Waals surface area (Å²) in [5.74, 6) is -2.28. The van der Waals surface area contributed by atoms with E-state index in [1.807, 2.05) is 42.5 Å². The first-order valence-corrected chi connectivity index (χ1v) is 19.5. The molecule has 5 rings (SSSR count). The summed E-state index contributed by atoms with van der Waals surface area (Å²) in [6, 6.07) is 14.8. The quantitative estimate of drug-likeness (QED) is 0.0855. The molecule has 0 radical (unpaired) electrons. The number of piperidine rings is 1. The van der Waals surface area contributed by atoms with E-state index in [2.05, 4.69) is 35.1 Å². The monoisotopic (exact) mass is 820 g/mol. The van der Waals surface area contributed by atoms with Crippen molar-refractivity contribution in [1.82, 2.24) is 15.2 Å². The summed E-state index contributed by atoms with van der Waals surface area (Å²) in [5.41, 5.74) is 4.39. The van der Waals surface area contributed by atoms with E-state index in [4.69, 9.17) is 31.5 Å². The maximum absolute atomic E-state index is 11.9. The highest BCUT2D eigenvalue weighted by Crippen LogP contribution is 2.49. The summed E-state index contributed by atoms with van der Waals surface area (Å²) in [4.78, 5) is 41.9. The van der Waals surface area contributed by atoms with Crippen molar-refractivity contribution in [3.8, 4) is 11.5 Å². The number of primary amides is 1. The minimum Gasteiger partial charge on any atom is -0.488 e. The van der Waals surface area contributed by atoms with E-state index in [-0.39, 0.29) is 42.7 Å². The number of hydrogen-bond donors (Lipinski definition) is 6. The van der Waals surface area contributed by atoms with Crippen LogP contribution in [0.25, 0.3) is 5.57 Å². The van der Waals surface area contributed by atoms with Gasteiger partial charge in [0.25, 0.3) is 0 Å². The molecular formula is C43H53ClN4O10. The van der Waals surface area contributed by atoms with E-state index in [1.165, 1.54) is 19.3 Å². The van der Waals surface area contributed by atoms with Gasteiger partial charge in [-0.05, 0) is 68.6 Å². The summed E-state index contributed by atoms with van der Waals surface area (Å²) in [6.07, 6.45) is 10.3. The van der Waals surface area contributed by atoms with Crippen molar-refractivity contribution < 1.29 is 49.0 Å². The van der Waals surface area contributed by atoms with Gasteiger partial charge < -0.3 is 45.3 Å². The summed E-state index contributed by atoms with van der Waals surface area (Å²) in [7, 11) is 0. The Morgan fingerprint density at radius 3 is 2.38 bits per heavy atom. The van der Waals surface area contributed by atoms with Gasteiger partial charge in [-0.25, -0.2) is 0 Å². The highest BCUT2D eigenvalue weighted by molar-refractivity contribution is 6.32. The number of carbonyl (C=O) groups excluding carboxylic acids is 1. The van der Waals surface area contributed by atoms with Crippen molar-refractivity contribution in [1.29, 1.82) is 0 Å². The zero-order valence-corrected chi connectivity index (χ0v) is 33.8. The van der Waals surface area contributed by atoms with Gasteiger partial charge in [0.2, 0.25) is 5.91 Å². The summed E-state index contributed by atoms with van der Waals surface area (Å²) < 4.78 is 19.7. The Morgan fingerprint density at radius 2 is 1.74 bits per heavy atom. The maximum Gasteiger partial charge on any atom is 0.326 e. The van der Waals surface area contributed by atoms with E-state index in [1.54, 1.807) is 18.2 Å². The molecule has 1 aliphatic carbocycles. The third kappa shape index (κ3) is 9.88. The number of carboxylic acid groups (broad SMARTS) is 2. The molecule has 1 unspecified atom stereocenters. The number of nitrogens with one attached hydrogen (secondary N) is 1. The topological polar surface area (TPSA) is 214 Å². The maximum atomic E-state index is 11.9. The van der Waals surface area contributed by atoms with Crippen LogP contribution in [0.4, 0.5) is 0 Å². The SMILES string of the molecule is CC(CO)(NCc1cc(Cl)c(OC[C@@]2(OCCCN3CCC(CO)(C(=O)O)CC3)C=CC=C(c3ccccc3)C2(C)C)cc1OCc1cncc(C(N)=O)c1)C(=O)O. The number of hydrogen-bond acceptors (Lipinski definition) is 11. The predicted octanol–water partition coefficient (Wildman–Crippen LogP) is 4.70. The number of pyridine rings is 1. The first-order chi connectivity index (χ1) is 27.6. The van der Waals surface area contributed by atoms with Crippen LogP contribution in [0.2, 0.25) is 5.02 Å². The Labute approximate surface area is 343 Å². The van der Waals surface area contributed by atoms with Gasteiger partial charge in [0, 0.05) is 54.7 Å². The first kappa shape index (κ1) is 44.3. The molecule has 0 bridgehead atoms. The molecule has 1 saturated heterocycles. The van der Waals surface area contributed by atoms with Crippen LogP contribution in [0.3, 0.4) is 0 Å². The Balaban J connectivity index is 1.40. The molecular weight excluding hydrogens is 768 g/mol. The lowest BCUT2D eigenvalue weighted by Gasteiger charge is -2.47. The molecule has 1 aromatic heterocycles. The average Bonchev–Trinajstić information content (AvgIpc) is 3.21. The van der Waals surface area contributed by atoms with Crippen LogP contribution < -0.4 is 20.5 Å². The fourth-order valence-electron chi connectivity index (χ4n) is 7.20. The fraction of sp³-hybridized carbons (Fsp3) is 0.442. The van der Waals surface area contributed by atoms with Crippen molar-refractivity contribution in [2.24, 2.45) is 16.6 Å². The van der Waals surface area contributed by atoms with Crippen LogP contribution in [0, 0.1) is 10.8 Å². The van der Waals surface area contributed by atoms with E-state index in [9.17, 15) is 34.8 Å². The number of allylic oxidation sites excluding steroid dienone is 2. The summed E-state index contributed by atoms with van der Waals surface area (Å²) in [5, 5.41) is 42.2. The fourth-order valence-corrected chi connectivity index (χ4v) is 7.44. The molecule has 1 aliphatic heterocycles. The third-order valence-corrected chi connectivity index (χ3v) is 11.8. The molecule has 1 amide bonds. The molecule has 2 heterocycles. The number of carboxylic acids is 2. The van der Waals surface area contributed by atoms with Gasteiger partial charge in [-0.15, -0.1) is 0 Å². The number of ether oxygens (including phenoxy) is 3. The minimum absolute atomic E-state index is 0.0270. The first-order valence-electron chi connectivity index (χ1n) is 19.2. The van der Waals surface area contributed by atoms with Gasteiger partial charge in [0.1, 0.15) is 35.9 Å². The molecule has 2 aliphatic rings. The van der Waals surface area contributed by atoms with Crippen molar-refractivity contribution >= 4 is 35.0 Å². The van der Waals surface area contributed by atoms with E-state index < -0.39 is 46.4 Å². The molecule has 0 spiro atoms. The number of nitrogens with zero attached hydrogens (tertiary/aromatic N) is 2. The van der Waals surface area contributed by atoms with Gasteiger partial charge in [-0.2, -0.15) is 0 Å². The molecule has 7 N–H and O–H groups in total. The molecule has 2 atom stereocenters. The van der Waals surface area contributed by atoms with Crippen LogP contribution in [0.5, 0.6) is 11.5 Å². The lowest BCUT2D eigenvalue weighted by Crippen LogP contribution is -2.52. The Kier molecular flexibility index (Phi) is 14.4. The summed E-state index contributed by atoms with van der Waals surface area (Å²) >= 11 is 6.88. The van der Waals surface area contributed by atoms with Crippen LogP contribution >= 0.6 is 11.6 Å². The smallest absolute Gasteiger partial charge is 0.326 e. The van der Waals surface area contributed by atoms with Crippen molar-refractivity contribution in [3.63, 3.8) is 0 Å². The second-order valence-electron chi connectivity index (χ2n) is 15.7. The van der Waals surface area contributed by atoms with Gasteiger partial charge in [0.05, 0.1) is 29.2 Å². The second-order valence-corrected chi connectivity index (χ2v) is 16.1. The number of carbonyl (C=O) groups is 3. The zero-order chi connectivity index (χ0) is 42.1. The molecule has 15 heteroatoms. The number of halogens is 1. The Bertz CT molecular complexity index is 2000. The van der Waals surface area contributed by atoms with Gasteiger partial charge in [0.15, 0.2) is 0 Å². The van der Waals surface area contributed by atoms with Crippen LogP contribution in [0.15, 0.2) is 79.2 Å². The van der Waals surface area contributed by atoms with E-state index in [0.717, 1.165) is 11.1 Å². The number of amides is 1. The number of benzene rings is 2. The van der Waals surface area contributed by atoms with Crippen LogP contribution in [-0.4, -0.2) is 105 Å². The molecule has 0 saturated carbocycles. The number of nitrogens with two attached hydrogens (primary N) is 1. The number of likely N-dealkylation sites (tertiary alicyclic amines) is 1. The highest BCUT2D eigenvalue weighted by atomic mass is 35.5. The lowest BCUT2D eigenvalue weighted by molar-refractivity contribution is -0.155. The van der Waals surface area contributed by atoms with Crippen molar-refractivity contribution in [2.75, 3.05) is 46.1 Å². The highest BCUT2D eigenvalue weighted by Gasteiger charge is 2.49. The minimum atomic E-state index is -1.65. The molecule has 312 valence electrons. The molecule has 1 fully saturated rings. The second kappa shape index (κ2) is 18.8. The number of rotatable bonds is 20. The van der Waals surface area contributed by atoms with Crippen LogP contribution in [-0.2, 0) is 27.5 Å². The Hall–Kier alpha value is -4.83. The predicted molar refractivity (Wildman–Crippen MR) is 217 cm³/mol. The molecule has 14 nitrogen and oxygen atoms in total. The lowest BCUT2D eigenvalue weighted by atomic mass is 9.65. The standard InChI is InChI=1S/C43H53ClN4O10/c1-40(2)33(30-9-5-4-6-10-30)11-7-12-43(40,58-18-8-15-48-16-13-42(27-50,14-17-48)39(54)55)28-57-36-21-35(56-25-29-19-32(37(45)51)23-46-22-29)31(20-34(36)44)24-47-41(3,26-49)38(52)53/h4-7,9-12,19-23,47,49-50H,8,13-18,24-28H2,1-3H3,(H2,45,51)(H,52,53)(H,54,55)/t41?,43-/m0/s1. The number of aliphatic hydroxyl groups is 2. The molecule has 2 aromatic carbocycles. The van der Waals surface area contributed by atoms with Gasteiger partial charge in [-0.3, -0.25) is 24.7 Å². The number of aliphatic hydroxyl groups excluding tert-OH is 2. The van der Waals surface area contributed by atoms with Gasteiger partial charge in [-0.1, -0.05) is 67.9 Å². The Morgan fingerprint density at radius 1 is 1.02 bits per heavy atom. The third-order valence-electron chi connectivity index (χ3n) is 11.5. The van der Waals surface area contributed by atoms with Crippen molar-refractivity contribution in [2.45, 2.75) is 64.3 Å². The largest absolute Gasteiger partial charge is 0.488 e. The molecule has 3 aromatic rings. The number of aliphatic carboxylic acids is 2. The van der Waals surface area contributed by atoms with E-state index >= 15 is 0 Å². The van der Waals surface area contributed by atoms with Crippen LogP contribution in [0.1, 0.15) is 67.1 Å². The molecule has 58 heavy (non-hydrogen) atoms. The normalized spacial score (nSPS) is 19.8. The van der Waals surface area contributed by atoms with E-state index in [0.29, 0.717) is 62.4 Å². The number of aromatic nitrogens is 1. The van der Waals surface area contributed by atoms with Gasteiger partial charge >= 0.3 is 11.9 Å². The summed E-state index contributed by atoms with van der Waals surface area (Å²) in [6.45, 7) is 6.64. The van der Waals surface area contributed by atoms with Crippen molar-refractivity contribution in [3.05, 3.63) is 106 Å². The zero-order valence-electron chi connectivity index (χ0n) is 33.1.